The molecule has 1 N–H and O–H groups in total. The van der Waals surface area contributed by atoms with Gasteiger partial charge in [0.25, 0.3) is 0 Å². The van der Waals surface area contributed by atoms with Crippen molar-refractivity contribution in [3.63, 3.8) is 0 Å². The van der Waals surface area contributed by atoms with Crippen molar-refractivity contribution in [1.82, 2.24) is 10.2 Å². The van der Waals surface area contributed by atoms with E-state index in [1.54, 1.807) is 0 Å². The molecule has 0 aromatic heterocycles. The molecule has 2 atom stereocenters. The van der Waals surface area contributed by atoms with E-state index >= 15 is 0 Å². The second kappa shape index (κ2) is 5.48. The summed E-state index contributed by atoms with van der Waals surface area (Å²) in [6.45, 7) is 4.76. The van der Waals surface area contributed by atoms with Gasteiger partial charge in [0.2, 0.25) is 0 Å². The molecule has 0 aromatic rings. The van der Waals surface area contributed by atoms with Crippen LogP contribution >= 0.6 is 0 Å². The Morgan fingerprint density at radius 2 is 2.00 bits per heavy atom. The zero-order chi connectivity index (χ0) is 10.5. The molecule has 1 aliphatic carbocycles. The quantitative estimate of drug-likeness (QED) is 0.756. The molecule has 3 heteroatoms. The number of nitrogens with zero attached hydrogens (tertiary/aromatic N) is 2. The zero-order valence-corrected chi connectivity index (χ0v) is 9.41. The fourth-order valence-corrected chi connectivity index (χ4v) is 2.77. The number of hydrogen-bond acceptors (Lipinski definition) is 3. The summed E-state index contributed by atoms with van der Waals surface area (Å²) in [6.07, 6.45) is 6.24. The molecule has 1 aliphatic heterocycles. The van der Waals surface area contributed by atoms with Gasteiger partial charge in [0.1, 0.15) is 0 Å². The van der Waals surface area contributed by atoms with Gasteiger partial charge in [0.05, 0.1) is 12.0 Å². The van der Waals surface area contributed by atoms with Crippen LogP contribution in [-0.2, 0) is 0 Å². The third kappa shape index (κ3) is 2.93. The summed E-state index contributed by atoms with van der Waals surface area (Å²) in [6, 6.07) is 2.89. The van der Waals surface area contributed by atoms with E-state index in [1.807, 2.05) is 0 Å². The molecule has 0 aromatic carbocycles. The van der Waals surface area contributed by atoms with Crippen LogP contribution in [0.5, 0.6) is 0 Å². The zero-order valence-electron chi connectivity index (χ0n) is 9.41. The first-order valence-corrected chi connectivity index (χ1v) is 6.25. The fraction of sp³-hybridized carbons (Fsp3) is 0.917. The van der Waals surface area contributed by atoms with Gasteiger partial charge >= 0.3 is 0 Å². The lowest BCUT2D eigenvalue weighted by Crippen LogP contribution is -2.37. The van der Waals surface area contributed by atoms with Crippen LogP contribution in [0.1, 0.15) is 32.1 Å². The highest BCUT2D eigenvalue weighted by Crippen LogP contribution is 2.24. The first kappa shape index (κ1) is 10.9. The van der Waals surface area contributed by atoms with Crippen LogP contribution in [0.4, 0.5) is 0 Å². The van der Waals surface area contributed by atoms with Gasteiger partial charge in [-0.3, -0.25) is 0 Å². The Kier molecular flexibility index (Phi) is 3.99. The molecule has 3 nitrogen and oxygen atoms in total. The van der Waals surface area contributed by atoms with E-state index in [0.717, 1.165) is 19.5 Å². The minimum atomic E-state index is 0.267. The van der Waals surface area contributed by atoms with Crippen molar-refractivity contribution in [3.8, 4) is 6.07 Å². The van der Waals surface area contributed by atoms with Crippen molar-refractivity contribution in [1.29, 1.82) is 5.26 Å². The summed E-state index contributed by atoms with van der Waals surface area (Å²) in [7, 11) is 0. The minimum absolute atomic E-state index is 0.267. The molecule has 1 saturated heterocycles. The van der Waals surface area contributed by atoms with Gasteiger partial charge in [-0.1, -0.05) is 6.42 Å². The van der Waals surface area contributed by atoms with Gasteiger partial charge in [-0.05, 0) is 38.8 Å². The SMILES string of the molecule is N#CC1CCCC1NCCN1CCCC1. The number of nitriles is 1. The summed E-state index contributed by atoms with van der Waals surface area (Å²) in [4.78, 5) is 2.52. The summed E-state index contributed by atoms with van der Waals surface area (Å²) in [5.41, 5.74) is 0. The minimum Gasteiger partial charge on any atom is -0.311 e. The summed E-state index contributed by atoms with van der Waals surface area (Å²) < 4.78 is 0. The first-order valence-electron chi connectivity index (χ1n) is 6.25. The molecule has 1 saturated carbocycles. The smallest absolute Gasteiger partial charge is 0.0672 e. The van der Waals surface area contributed by atoms with Crippen LogP contribution in [0.3, 0.4) is 0 Å². The fourth-order valence-electron chi connectivity index (χ4n) is 2.77. The molecule has 84 valence electrons. The first-order chi connectivity index (χ1) is 7.40. The van der Waals surface area contributed by atoms with Crippen molar-refractivity contribution < 1.29 is 0 Å². The Labute approximate surface area is 92.4 Å². The average molecular weight is 207 g/mol. The molecular formula is C12H21N3. The van der Waals surface area contributed by atoms with Crippen molar-refractivity contribution >= 4 is 0 Å². The largest absolute Gasteiger partial charge is 0.311 e. The van der Waals surface area contributed by atoms with E-state index in [-0.39, 0.29) is 5.92 Å². The number of rotatable bonds is 4. The molecule has 0 radical (unpaired) electrons. The van der Waals surface area contributed by atoms with Crippen LogP contribution < -0.4 is 5.32 Å². The lowest BCUT2D eigenvalue weighted by atomic mass is 10.1. The van der Waals surface area contributed by atoms with Crippen molar-refractivity contribution in [3.05, 3.63) is 0 Å². The normalized spacial score (nSPS) is 31.9. The van der Waals surface area contributed by atoms with Gasteiger partial charge in [-0.15, -0.1) is 0 Å². The van der Waals surface area contributed by atoms with E-state index in [2.05, 4.69) is 16.3 Å². The molecule has 15 heavy (non-hydrogen) atoms. The second-order valence-electron chi connectivity index (χ2n) is 4.78. The topological polar surface area (TPSA) is 39.1 Å². The molecule has 2 fully saturated rings. The third-order valence-corrected chi connectivity index (χ3v) is 3.72. The van der Waals surface area contributed by atoms with Gasteiger partial charge < -0.3 is 10.2 Å². The van der Waals surface area contributed by atoms with Crippen LogP contribution in [0, 0.1) is 17.2 Å². The molecule has 2 unspecified atom stereocenters. The summed E-state index contributed by atoms with van der Waals surface area (Å²) >= 11 is 0. The Bertz CT molecular complexity index is 228. The van der Waals surface area contributed by atoms with Crippen molar-refractivity contribution in [2.24, 2.45) is 5.92 Å². The summed E-state index contributed by atoms with van der Waals surface area (Å²) in [5, 5.41) is 12.5. The standard InChI is InChI=1S/C12H21N3/c13-10-11-4-3-5-12(11)14-6-9-15-7-1-2-8-15/h11-12,14H,1-9H2. The molecule has 0 spiro atoms. The van der Waals surface area contributed by atoms with E-state index < -0.39 is 0 Å². The molecule has 2 rings (SSSR count). The molecule has 1 heterocycles. The van der Waals surface area contributed by atoms with E-state index in [9.17, 15) is 0 Å². The van der Waals surface area contributed by atoms with Crippen molar-refractivity contribution in [2.75, 3.05) is 26.2 Å². The van der Waals surface area contributed by atoms with Gasteiger partial charge in [0.15, 0.2) is 0 Å². The van der Waals surface area contributed by atoms with E-state index in [1.165, 1.54) is 38.8 Å². The number of likely N-dealkylation sites (tertiary alicyclic amines) is 1. The molecule has 2 aliphatic rings. The highest BCUT2D eigenvalue weighted by atomic mass is 15.2. The second-order valence-corrected chi connectivity index (χ2v) is 4.78. The molecule has 0 amide bonds. The highest BCUT2D eigenvalue weighted by Gasteiger charge is 2.26. The Balaban J connectivity index is 1.62. The lowest BCUT2D eigenvalue weighted by Gasteiger charge is -2.19. The third-order valence-electron chi connectivity index (χ3n) is 3.72. The van der Waals surface area contributed by atoms with E-state index in [4.69, 9.17) is 5.26 Å². The van der Waals surface area contributed by atoms with Crippen LogP contribution in [0.15, 0.2) is 0 Å². The predicted molar refractivity (Wildman–Crippen MR) is 60.4 cm³/mol. The van der Waals surface area contributed by atoms with Crippen LogP contribution in [0.2, 0.25) is 0 Å². The predicted octanol–water partition coefficient (Wildman–Crippen LogP) is 1.36. The van der Waals surface area contributed by atoms with Crippen LogP contribution in [-0.4, -0.2) is 37.1 Å². The van der Waals surface area contributed by atoms with Crippen LogP contribution in [0.25, 0.3) is 0 Å². The maximum absolute atomic E-state index is 8.95. The number of nitrogens with one attached hydrogen (secondary N) is 1. The van der Waals surface area contributed by atoms with Crippen molar-refractivity contribution in [2.45, 2.75) is 38.1 Å². The molecular weight excluding hydrogens is 186 g/mol. The highest BCUT2D eigenvalue weighted by molar-refractivity contribution is 4.96. The Morgan fingerprint density at radius 1 is 1.20 bits per heavy atom. The Hall–Kier alpha value is -0.590. The Morgan fingerprint density at radius 3 is 2.73 bits per heavy atom. The maximum atomic E-state index is 8.95. The van der Waals surface area contributed by atoms with Gasteiger partial charge in [-0.2, -0.15) is 5.26 Å². The van der Waals surface area contributed by atoms with Gasteiger partial charge in [0, 0.05) is 19.1 Å². The lowest BCUT2D eigenvalue weighted by molar-refractivity contribution is 0.322. The monoisotopic (exact) mass is 207 g/mol. The average Bonchev–Trinajstić information content (AvgIpc) is 2.88. The molecule has 0 bridgehead atoms. The number of hydrogen-bond donors (Lipinski definition) is 1. The summed E-state index contributed by atoms with van der Waals surface area (Å²) in [5.74, 6) is 0.267. The van der Waals surface area contributed by atoms with Gasteiger partial charge in [-0.25, -0.2) is 0 Å². The van der Waals surface area contributed by atoms with E-state index in [0.29, 0.717) is 6.04 Å². The maximum Gasteiger partial charge on any atom is 0.0672 e.